The van der Waals surface area contributed by atoms with Crippen LogP contribution in [0.3, 0.4) is 0 Å². The van der Waals surface area contributed by atoms with Crippen LogP contribution in [0.15, 0.2) is 4.99 Å². The van der Waals surface area contributed by atoms with Gasteiger partial charge in [0.05, 0.1) is 12.5 Å². The number of guanidine groups is 1. The minimum absolute atomic E-state index is 0.0909. The van der Waals surface area contributed by atoms with Crippen LogP contribution in [0.1, 0.15) is 52.4 Å². The number of nitrogens with zero attached hydrogens (tertiary/aromatic N) is 2. The van der Waals surface area contributed by atoms with Crippen LogP contribution in [0.4, 0.5) is 0 Å². The molecule has 25 heavy (non-hydrogen) atoms. The monoisotopic (exact) mass is 352 g/mol. The summed E-state index contributed by atoms with van der Waals surface area (Å²) >= 11 is 0. The number of carbonyl (C=O) groups is 2. The molecule has 2 aliphatic rings. The molecule has 2 rings (SSSR count). The Morgan fingerprint density at radius 3 is 2.60 bits per heavy atom. The van der Waals surface area contributed by atoms with E-state index in [-0.39, 0.29) is 24.0 Å². The molecule has 2 fully saturated rings. The van der Waals surface area contributed by atoms with Gasteiger partial charge in [-0.3, -0.25) is 14.6 Å². The van der Waals surface area contributed by atoms with E-state index >= 15 is 0 Å². The van der Waals surface area contributed by atoms with Gasteiger partial charge in [-0.1, -0.05) is 12.8 Å². The Balaban J connectivity index is 1.69. The van der Waals surface area contributed by atoms with Gasteiger partial charge >= 0.3 is 5.97 Å². The summed E-state index contributed by atoms with van der Waals surface area (Å²) in [5.41, 5.74) is 0. The molecular formula is C18H32N4O3. The molecule has 0 radical (unpaired) electrons. The molecular weight excluding hydrogens is 320 g/mol. The van der Waals surface area contributed by atoms with Gasteiger partial charge in [-0.05, 0) is 33.1 Å². The highest BCUT2D eigenvalue weighted by Gasteiger charge is 2.32. The van der Waals surface area contributed by atoms with E-state index in [1.54, 1.807) is 7.05 Å². The lowest BCUT2D eigenvalue weighted by atomic mass is 10.1. The number of likely N-dealkylation sites (tertiary alicyclic amines) is 1. The Bertz CT molecular complexity index is 487. The molecule has 1 atom stereocenters. The van der Waals surface area contributed by atoms with Crippen molar-refractivity contribution in [3.63, 3.8) is 0 Å². The molecule has 1 amide bonds. The van der Waals surface area contributed by atoms with Crippen LogP contribution in [0, 0.1) is 5.92 Å². The Labute approximate surface area is 150 Å². The summed E-state index contributed by atoms with van der Waals surface area (Å²) < 4.78 is 5.10. The highest BCUT2D eigenvalue weighted by molar-refractivity contribution is 5.82. The molecule has 0 aromatic heterocycles. The molecule has 0 aromatic rings. The molecule has 0 bridgehead atoms. The van der Waals surface area contributed by atoms with Crippen molar-refractivity contribution < 1.29 is 14.3 Å². The topological polar surface area (TPSA) is 83.0 Å². The molecule has 0 aromatic carbocycles. The van der Waals surface area contributed by atoms with Gasteiger partial charge in [-0.15, -0.1) is 0 Å². The molecule has 2 N–H and O–H groups in total. The molecule has 1 saturated heterocycles. The molecule has 1 aliphatic carbocycles. The first-order chi connectivity index (χ1) is 12.0. The number of amides is 1. The minimum Gasteiger partial charge on any atom is -0.463 e. The van der Waals surface area contributed by atoms with Crippen LogP contribution in [0.25, 0.3) is 0 Å². The largest absolute Gasteiger partial charge is 0.463 e. The van der Waals surface area contributed by atoms with Gasteiger partial charge in [0, 0.05) is 38.6 Å². The van der Waals surface area contributed by atoms with Crippen LogP contribution in [-0.2, 0) is 14.3 Å². The minimum atomic E-state index is -0.216. The maximum Gasteiger partial charge on any atom is 0.307 e. The Morgan fingerprint density at radius 1 is 1.24 bits per heavy atom. The van der Waals surface area contributed by atoms with E-state index in [9.17, 15) is 9.59 Å². The fraction of sp³-hybridized carbons (Fsp3) is 0.833. The zero-order valence-corrected chi connectivity index (χ0v) is 15.7. The molecule has 0 spiro atoms. The van der Waals surface area contributed by atoms with E-state index in [1.807, 2.05) is 18.7 Å². The number of carbonyl (C=O) groups excluding carboxylic acids is 2. The number of ether oxygens (including phenoxy) is 1. The van der Waals surface area contributed by atoms with Crippen LogP contribution in [0.2, 0.25) is 0 Å². The fourth-order valence-electron chi connectivity index (χ4n) is 3.50. The average molecular weight is 352 g/mol. The van der Waals surface area contributed by atoms with E-state index in [2.05, 4.69) is 15.6 Å². The fourth-order valence-corrected chi connectivity index (χ4v) is 3.50. The van der Waals surface area contributed by atoms with Crippen LogP contribution in [0.5, 0.6) is 0 Å². The van der Waals surface area contributed by atoms with Crippen LogP contribution < -0.4 is 10.6 Å². The molecule has 7 nitrogen and oxygen atoms in total. The Hall–Kier alpha value is -1.79. The van der Waals surface area contributed by atoms with E-state index in [4.69, 9.17) is 4.74 Å². The summed E-state index contributed by atoms with van der Waals surface area (Å²) in [5, 5.41) is 6.48. The van der Waals surface area contributed by atoms with Gasteiger partial charge in [0.25, 0.3) is 0 Å². The van der Waals surface area contributed by atoms with Crippen molar-refractivity contribution in [1.82, 2.24) is 15.5 Å². The highest BCUT2D eigenvalue weighted by atomic mass is 16.5. The lowest BCUT2D eigenvalue weighted by Gasteiger charge is -2.21. The van der Waals surface area contributed by atoms with Gasteiger partial charge in [-0.25, -0.2) is 0 Å². The lowest BCUT2D eigenvalue weighted by Crippen LogP contribution is -2.45. The van der Waals surface area contributed by atoms with Gasteiger partial charge in [0.2, 0.25) is 5.91 Å². The van der Waals surface area contributed by atoms with Gasteiger partial charge in [0.15, 0.2) is 5.96 Å². The lowest BCUT2D eigenvalue weighted by molar-refractivity contribution is -0.147. The number of nitrogens with one attached hydrogen (secondary N) is 2. The smallest absolute Gasteiger partial charge is 0.307 e. The predicted molar refractivity (Wildman–Crippen MR) is 97.3 cm³/mol. The van der Waals surface area contributed by atoms with E-state index in [0.29, 0.717) is 24.8 Å². The van der Waals surface area contributed by atoms with E-state index < -0.39 is 0 Å². The molecule has 7 heteroatoms. The SMILES string of the molecule is CN=C(NCCC(=O)OC(C)C)NC1CCN(C(=O)C2CCCC2)C1. The van der Waals surface area contributed by atoms with E-state index in [1.165, 1.54) is 12.8 Å². The van der Waals surface area contributed by atoms with Crippen molar-refractivity contribution in [3.05, 3.63) is 0 Å². The molecule has 1 aliphatic heterocycles. The second-order valence-electron chi connectivity index (χ2n) is 7.18. The number of esters is 1. The van der Waals surface area contributed by atoms with Gasteiger partial charge in [-0.2, -0.15) is 0 Å². The summed E-state index contributed by atoms with van der Waals surface area (Å²) in [5.74, 6) is 1.01. The van der Waals surface area contributed by atoms with Crippen molar-refractivity contribution in [2.24, 2.45) is 10.9 Å². The second-order valence-corrected chi connectivity index (χ2v) is 7.18. The Morgan fingerprint density at radius 2 is 1.96 bits per heavy atom. The zero-order chi connectivity index (χ0) is 18.2. The molecule has 1 heterocycles. The third-order valence-electron chi connectivity index (χ3n) is 4.76. The quantitative estimate of drug-likeness (QED) is 0.427. The summed E-state index contributed by atoms with van der Waals surface area (Å²) in [4.78, 5) is 30.2. The number of hydrogen-bond donors (Lipinski definition) is 2. The Kier molecular flexibility index (Phi) is 7.52. The average Bonchev–Trinajstić information content (AvgIpc) is 3.24. The molecule has 142 valence electrons. The maximum absolute atomic E-state index is 12.5. The molecule has 1 saturated carbocycles. The first-order valence-electron chi connectivity index (χ1n) is 9.45. The number of rotatable bonds is 6. The van der Waals surface area contributed by atoms with Crippen molar-refractivity contribution in [2.75, 3.05) is 26.7 Å². The highest BCUT2D eigenvalue weighted by Crippen LogP contribution is 2.27. The van der Waals surface area contributed by atoms with Crippen molar-refractivity contribution in [2.45, 2.75) is 64.5 Å². The van der Waals surface area contributed by atoms with Crippen molar-refractivity contribution in [3.8, 4) is 0 Å². The first-order valence-corrected chi connectivity index (χ1v) is 9.45. The predicted octanol–water partition coefficient (Wildman–Crippen LogP) is 1.28. The van der Waals surface area contributed by atoms with Gasteiger partial charge < -0.3 is 20.3 Å². The summed E-state index contributed by atoms with van der Waals surface area (Å²) in [6, 6.07) is 0.208. The standard InChI is InChI=1S/C18H32N4O3/c1-13(2)25-16(23)8-10-20-18(19-3)21-15-9-11-22(12-15)17(24)14-6-4-5-7-14/h13-15H,4-12H2,1-3H3,(H2,19,20,21). The maximum atomic E-state index is 12.5. The summed E-state index contributed by atoms with van der Waals surface area (Å²) in [6.07, 6.45) is 5.59. The molecule has 1 unspecified atom stereocenters. The zero-order valence-electron chi connectivity index (χ0n) is 15.7. The van der Waals surface area contributed by atoms with Crippen molar-refractivity contribution >= 4 is 17.8 Å². The van der Waals surface area contributed by atoms with Crippen LogP contribution in [-0.4, -0.2) is 61.6 Å². The normalized spacial score (nSPS) is 21.7. The third kappa shape index (κ3) is 6.21. The van der Waals surface area contributed by atoms with E-state index in [0.717, 1.165) is 32.4 Å². The van der Waals surface area contributed by atoms with Crippen LogP contribution >= 0.6 is 0 Å². The third-order valence-corrected chi connectivity index (χ3v) is 4.76. The second kappa shape index (κ2) is 9.63. The summed E-state index contributed by atoms with van der Waals surface area (Å²) in [6.45, 7) is 5.69. The number of aliphatic imine (C=N–C) groups is 1. The summed E-state index contributed by atoms with van der Waals surface area (Å²) in [7, 11) is 1.71. The first kappa shape index (κ1) is 19.5. The van der Waals surface area contributed by atoms with Crippen molar-refractivity contribution in [1.29, 1.82) is 0 Å². The van der Waals surface area contributed by atoms with Gasteiger partial charge in [0.1, 0.15) is 0 Å². The number of hydrogen-bond acceptors (Lipinski definition) is 4.